The third kappa shape index (κ3) is 5.76. The Bertz CT molecular complexity index is 1160. The summed E-state index contributed by atoms with van der Waals surface area (Å²) in [5.74, 6) is 0.287. The lowest BCUT2D eigenvalue weighted by Crippen LogP contribution is -2.29. The third-order valence-electron chi connectivity index (χ3n) is 6.11. The van der Waals surface area contributed by atoms with Crippen molar-refractivity contribution in [3.63, 3.8) is 0 Å². The molecule has 0 amide bonds. The normalized spacial score (nSPS) is 18.9. The van der Waals surface area contributed by atoms with Crippen LogP contribution in [0.5, 0.6) is 5.75 Å². The predicted molar refractivity (Wildman–Crippen MR) is 125 cm³/mol. The van der Waals surface area contributed by atoms with E-state index in [0.29, 0.717) is 60.7 Å². The second-order valence-electron chi connectivity index (χ2n) is 8.64. The van der Waals surface area contributed by atoms with Gasteiger partial charge in [-0.2, -0.15) is 4.98 Å². The number of pyridine rings is 1. The average Bonchev–Trinajstić information content (AvgIpc) is 3.46. The maximum absolute atomic E-state index is 11.3. The smallest absolute Gasteiger partial charge is 0.306 e. The zero-order chi connectivity index (χ0) is 24.9. The molecule has 3 aromatic heterocycles. The van der Waals surface area contributed by atoms with Crippen molar-refractivity contribution in [2.45, 2.75) is 65.2 Å². The zero-order valence-corrected chi connectivity index (χ0v) is 20.4. The molecule has 0 aliphatic heterocycles. The Hall–Kier alpha value is -3.54. The van der Waals surface area contributed by atoms with Crippen LogP contribution in [0.1, 0.15) is 62.9 Å². The molecule has 3 atom stereocenters. The number of aryl methyl sites for hydroxylation is 2. The first-order chi connectivity index (χ1) is 16.9. The Morgan fingerprint density at radius 1 is 1.34 bits per heavy atom. The Labute approximate surface area is 203 Å². The number of nitrogens with zero attached hydrogens (tertiary/aromatic N) is 6. The van der Waals surface area contributed by atoms with Gasteiger partial charge in [0.2, 0.25) is 0 Å². The van der Waals surface area contributed by atoms with Gasteiger partial charge < -0.3 is 24.4 Å². The minimum absolute atomic E-state index is 0.127. The van der Waals surface area contributed by atoms with Crippen LogP contribution in [0.4, 0.5) is 5.95 Å². The SMILES string of the molecule is CCOC(C)c1nc(NCc2c(-c3ccc(O[C@H]4CCC[C@H](C(=O)O)C4)c(C)n3)nnn2C)no1. The highest BCUT2D eigenvalue weighted by molar-refractivity contribution is 5.70. The molecule has 1 saturated carbocycles. The quantitative estimate of drug-likeness (QED) is 0.435. The summed E-state index contributed by atoms with van der Waals surface area (Å²) in [7, 11) is 1.80. The predicted octanol–water partition coefficient (Wildman–Crippen LogP) is 3.30. The number of carboxylic acid groups (broad SMARTS) is 1. The number of aliphatic carboxylic acids is 1. The number of rotatable bonds is 10. The summed E-state index contributed by atoms with van der Waals surface area (Å²) in [5.41, 5.74) is 2.79. The van der Waals surface area contributed by atoms with Crippen LogP contribution in [0.25, 0.3) is 11.4 Å². The van der Waals surface area contributed by atoms with Crippen LogP contribution in [-0.4, -0.2) is 53.9 Å². The number of ether oxygens (including phenoxy) is 2. The number of hydrogen-bond donors (Lipinski definition) is 2. The number of carboxylic acids is 1. The van der Waals surface area contributed by atoms with Crippen LogP contribution in [-0.2, 0) is 23.1 Å². The van der Waals surface area contributed by atoms with Crippen molar-refractivity contribution in [2.24, 2.45) is 13.0 Å². The molecule has 4 rings (SSSR count). The Balaban J connectivity index is 1.44. The van der Waals surface area contributed by atoms with Gasteiger partial charge in [0.25, 0.3) is 11.8 Å². The molecule has 35 heavy (non-hydrogen) atoms. The summed E-state index contributed by atoms with van der Waals surface area (Å²) in [5, 5.41) is 24.9. The highest BCUT2D eigenvalue weighted by Crippen LogP contribution is 2.30. The van der Waals surface area contributed by atoms with E-state index in [-0.39, 0.29) is 18.1 Å². The number of carbonyl (C=O) groups is 1. The van der Waals surface area contributed by atoms with Crippen molar-refractivity contribution >= 4 is 11.9 Å². The fourth-order valence-electron chi connectivity index (χ4n) is 4.19. The molecule has 1 fully saturated rings. The van der Waals surface area contributed by atoms with Crippen LogP contribution in [0.15, 0.2) is 16.7 Å². The third-order valence-corrected chi connectivity index (χ3v) is 6.11. The van der Waals surface area contributed by atoms with Gasteiger partial charge >= 0.3 is 5.97 Å². The van der Waals surface area contributed by atoms with Crippen molar-refractivity contribution in [2.75, 3.05) is 11.9 Å². The van der Waals surface area contributed by atoms with E-state index in [4.69, 9.17) is 14.0 Å². The van der Waals surface area contributed by atoms with Crippen molar-refractivity contribution in [3.05, 3.63) is 29.4 Å². The molecule has 0 radical (unpaired) electrons. The molecule has 3 heterocycles. The molecule has 2 N–H and O–H groups in total. The summed E-state index contributed by atoms with van der Waals surface area (Å²) >= 11 is 0. The number of hydrogen-bond acceptors (Lipinski definition) is 10. The van der Waals surface area contributed by atoms with E-state index in [1.54, 1.807) is 11.7 Å². The van der Waals surface area contributed by atoms with E-state index in [9.17, 15) is 9.90 Å². The molecule has 0 aromatic carbocycles. The summed E-state index contributed by atoms with van der Waals surface area (Å²) < 4.78 is 18.5. The first-order valence-corrected chi connectivity index (χ1v) is 11.8. The fourth-order valence-corrected chi connectivity index (χ4v) is 4.19. The van der Waals surface area contributed by atoms with Crippen LogP contribution in [0.2, 0.25) is 0 Å². The van der Waals surface area contributed by atoms with Gasteiger partial charge in [0.15, 0.2) is 0 Å². The molecule has 12 heteroatoms. The molecular formula is C23H31N7O5. The molecular weight excluding hydrogens is 454 g/mol. The largest absolute Gasteiger partial charge is 0.489 e. The van der Waals surface area contributed by atoms with Gasteiger partial charge in [0, 0.05) is 13.7 Å². The maximum atomic E-state index is 11.3. The molecule has 188 valence electrons. The second-order valence-corrected chi connectivity index (χ2v) is 8.64. The summed E-state index contributed by atoms with van der Waals surface area (Å²) in [6, 6.07) is 3.69. The van der Waals surface area contributed by atoms with Crippen LogP contribution < -0.4 is 10.1 Å². The van der Waals surface area contributed by atoms with Crippen molar-refractivity contribution < 1.29 is 23.9 Å². The zero-order valence-electron chi connectivity index (χ0n) is 20.4. The van der Waals surface area contributed by atoms with Crippen LogP contribution in [0, 0.1) is 12.8 Å². The topological polar surface area (TPSA) is 150 Å². The minimum atomic E-state index is -0.756. The van der Waals surface area contributed by atoms with Crippen molar-refractivity contribution in [1.29, 1.82) is 0 Å². The average molecular weight is 486 g/mol. The van der Waals surface area contributed by atoms with Gasteiger partial charge in [0.05, 0.1) is 35.6 Å². The lowest BCUT2D eigenvalue weighted by atomic mass is 9.87. The first kappa shape index (κ1) is 24.6. The van der Waals surface area contributed by atoms with Gasteiger partial charge in [-0.05, 0) is 63.7 Å². The fraction of sp³-hybridized carbons (Fsp3) is 0.565. The monoisotopic (exact) mass is 485 g/mol. The van der Waals surface area contributed by atoms with Crippen molar-refractivity contribution in [1.82, 2.24) is 30.1 Å². The second kappa shape index (κ2) is 10.8. The molecule has 1 aliphatic rings. The van der Waals surface area contributed by atoms with E-state index in [0.717, 1.165) is 18.5 Å². The van der Waals surface area contributed by atoms with Gasteiger partial charge in [-0.3, -0.25) is 4.79 Å². The van der Waals surface area contributed by atoms with Gasteiger partial charge in [0.1, 0.15) is 17.5 Å². The molecule has 3 aromatic rings. The highest BCUT2D eigenvalue weighted by atomic mass is 16.5. The Morgan fingerprint density at radius 3 is 2.91 bits per heavy atom. The van der Waals surface area contributed by atoms with Crippen LogP contribution in [0.3, 0.4) is 0 Å². The van der Waals surface area contributed by atoms with E-state index in [2.05, 4.69) is 30.8 Å². The van der Waals surface area contributed by atoms with Gasteiger partial charge in [-0.25, -0.2) is 9.67 Å². The Kier molecular flexibility index (Phi) is 7.59. The lowest BCUT2D eigenvalue weighted by molar-refractivity contribution is -0.143. The van der Waals surface area contributed by atoms with Gasteiger partial charge in [-0.1, -0.05) is 5.21 Å². The first-order valence-electron chi connectivity index (χ1n) is 11.8. The number of nitrogens with one attached hydrogen (secondary N) is 1. The molecule has 0 spiro atoms. The molecule has 12 nitrogen and oxygen atoms in total. The molecule has 1 unspecified atom stereocenters. The Morgan fingerprint density at radius 2 is 2.17 bits per heavy atom. The summed E-state index contributed by atoms with van der Waals surface area (Å²) in [4.78, 5) is 20.4. The molecule has 0 saturated heterocycles. The maximum Gasteiger partial charge on any atom is 0.306 e. The highest BCUT2D eigenvalue weighted by Gasteiger charge is 2.28. The van der Waals surface area contributed by atoms with Crippen molar-refractivity contribution in [3.8, 4) is 17.1 Å². The van der Waals surface area contributed by atoms with Gasteiger partial charge in [-0.15, -0.1) is 5.10 Å². The van der Waals surface area contributed by atoms with Crippen LogP contribution >= 0.6 is 0 Å². The lowest BCUT2D eigenvalue weighted by Gasteiger charge is -2.27. The number of anilines is 1. The van der Waals surface area contributed by atoms with E-state index in [1.165, 1.54) is 0 Å². The van der Waals surface area contributed by atoms with E-state index < -0.39 is 5.97 Å². The summed E-state index contributed by atoms with van der Waals surface area (Å²) in [6.07, 6.45) is 2.48. The molecule has 1 aliphatic carbocycles. The standard InChI is InChI=1S/C23H31N7O5/c1-5-33-14(3)21-26-23(28-35-21)24-12-18-20(27-29-30(18)4)17-9-10-19(13(2)25-17)34-16-8-6-7-15(11-16)22(31)32/h9-10,14-16H,5-8,11-12H2,1-4H3,(H,24,28)(H,31,32)/t14?,15-,16-/m0/s1. The van der Waals surface area contributed by atoms with E-state index in [1.807, 2.05) is 32.9 Å². The summed E-state index contributed by atoms with van der Waals surface area (Å²) in [6.45, 7) is 6.53. The minimum Gasteiger partial charge on any atom is -0.489 e. The molecule has 0 bridgehead atoms. The number of aromatic nitrogens is 6. The van der Waals surface area contributed by atoms with E-state index >= 15 is 0 Å².